The van der Waals surface area contributed by atoms with Gasteiger partial charge in [0, 0.05) is 24.5 Å². The second-order valence-corrected chi connectivity index (χ2v) is 6.55. The zero-order chi connectivity index (χ0) is 17.6. The van der Waals surface area contributed by atoms with Crippen LogP contribution >= 0.6 is 0 Å². The molecule has 0 aliphatic heterocycles. The Kier molecular flexibility index (Phi) is 5.60. The Labute approximate surface area is 147 Å². The summed E-state index contributed by atoms with van der Waals surface area (Å²) in [6.45, 7) is 1.22. The van der Waals surface area contributed by atoms with Gasteiger partial charge in [-0.25, -0.2) is 0 Å². The Morgan fingerprint density at radius 3 is 2.76 bits per heavy atom. The molecular formula is C19H24N4O2. The van der Waals surface area contributed by atoms with Crippen LogP contribution in [0.25, 0.3) is 10.9 Å². The van der Waals surface area contributed by atoms with E-state index >= 15 is 0 Å². The second kappa shape index (κ2) is 8.07. The van der Waals surface area contributed by atoms with Crippen molar-refractivity contribution in [2.45, 2.75) is 31.7 Å². The molecule has 0 unspecified atom stereocenters. The molecule has 1 aromatic heterocycles. The quantitative estimate of drug-likeness (QED) is 0.818. The zero-order valence-electron chi connectivity index (χ0n) is 14.5. The van der Waals surface area contributed by atoms with Gasteiger partial charge in [0.05, 0.1) is 17.4 Å². The lowest BCUT2D eigenvalue weighted by Crippen LogP contribution is -2.41. The fraction of sp³-hybridized carbons (Fsp3) is 0.421. The van der Waals surface area contributed by atoms with Gasteiger partial charge in [0.15, 0.2) is 0 Å². The molecule has 1 aromatic carbocycles. The lowest BCUT2D eigenvalue weighted by atomic mass is 10.2. The first-order valence-corrected chi connectivity index (χ1v) is 8.78. The van der Waals surface area contributed by atoms with Crippen LogP contribution in [0.15, 0.2) is 36.5 Å². The van der Waals surface area contributed by atoms with Gasteiger partial charge in [0.1, 0.15) is 0 Å². The van der Waals surface area contributed by atoms with Crippen molar-refractivity contribution in [2.24, 2.45) is 0 Å². The molecule has 3 rings (SSSR count). The fourth-order valence-corrected chi connectivity index (χ4v) is 3.28. The standard InChI is InChI=1S/C19H24N4O2/c1-23(16-7-3-4-8-16)11-10-20-18(24)19(25)22-15-12-14-6-2-5-9-17(14)21-13-15/h2,5-6,9,12-13,16H,3-4,7-8,10-11H2,1H3,(H,20,24)(H,22,25). The highest BCUT2D eigenvalue weighted by atomic mass is 16.2. The Morgan fingerprint density at radius 2 is 1.96 bits per heavy atom. The maximum absolute atomic E-state index is 12.0. The van der Waals surface area contributed by atoms with E-state index in [0.29, 0.717) is 18.3 Å². The first-order chi connectivity index (χ1) is 12.1. The summed E-state index contributed by atoms with van der Waals surface area (Å²) in [4.78, 5) is 30.5. The molecule has 0 bridgehead atoms. The number of para-hydroxylation sites is 1. The maximum Gasteiger partial charge on any atom is 0.313 e. The molecule has 0 radical (unpaired) electrons. The van der Waals surface area contributed by atoms with E-state index in [0.717, 1.165) is 17.4 Å². The molecular weight excluding hydrogens is 316 g/mol. The Hall–Kier alpha value is -2.47. The number of anilines is 1. The van der Waals surface area contributed by atoms with Crippen LogP contribution in [-0.4, -0.2) is 47.9 Å². The first kappa shape index (κ1) is 17.4. The van der Waals surface area contributed by atoms with Crippen LogP contribution in [0, 0.1) is 0 Å². The molecule has 132 valence electrons. The van der Waals surface area contributed by atoms with E-state index in [1.54, 1.807) is 12.3 Å². The SMILES string of the molecule is CN(CCNC(=O)C(=O)Nc1cnc2ccccc2c1)C1CCCC1. The number of benzene rings is 1. The Balaban J connectivity index is 1.47. The fourth-order valence-electron chi connectivity index (χ4n) is 3.28. The Bertz CT molecular complexity index is 756. The van der Waals surface area contributed by atoms with Crippen LogP contribution < -0.4 is 10.6 Å². The normalized spacial score (nSPS) is 14.8. The number of nitrogens with one attached hydrogen (secondary N) is 2. The summed E-state index contributed by atoms with van der Waals surface area (Å²) in [5.41, 5.74) is 1.36. The van der Waals surface area contributed by atoms with E-state index in [4.69, 9.17) is 0 Å². The van der Waals surface area contributed by atoms with E-state index in [1.165, 1.54) is 25.7 Å². The minimum atomic E-state index is -0.666. The number of amides is 2. The van der Waals surface area contributed by atoms with Gasteiger partial charge in [0.25, 0.3) is 0 Å². The Morgan fingerprint density at radius 1 is 1.20 bits per heavy atom. The molecule has 1 saturated carbocycles. The lowest BCUT2D eigenvalue weighted by Gasteiger charge is -2.23. The average molecular weight is 340 g/mol. The van der Waals surface area contributed by atoms with Crippen LogP contribution in [0.5, 0.6) is 0 Å². The van der Waals surface area contributed by atoms with E-state index in [9.17, 15) is 9.59 Å². The third-order valence-electron chi connectivity index (χ3n) is 4.75. The molecule has 0 saturated heterocycles. The van der Waals surface area contributed by atoms with E-state index in [-0.39, 0.29) is 0 Å². The number of likely N-dealkylation sites (N-methyl/N-ethyl adjacent to an activating group) is 1. The van der Waals surface area contributed by atoms with Gasteiger partial charge in [-0.3, -0.25) is 14.6 Å². The molecule has 25 heavy (non-hydrogen) atoms. The topological polar surface area (TPSA) is 74.3 Å². The number of carbonyl (C=O) groups is 2. The summed E-state index contributed by atoms with van der Waals surface area (Å²) in [6, 6.07) is 10.0. The highest BCUT2D eigenvalue weighted by Gasteiger charge is 2.19. The van der Waals surface area contributed by atoms with Crippen molar-refractivity contribution in [2.75, 3.05) is 25.5 Å². The van der Waals surface area contributed by atoms with Crippen molar-refractivity contribution in [3.05, 3.63) is 36.5 Å². The number of nitrogens with zero attached hydrogens (tertiary/aromatic N) is 2. The largest absolute Gasteiger partial charge is 0.347 e. The number of rotatable bonds is 5. The number of hydrogen-bond acceptors (Lipinski definition) is 4. The number of aromatic nitrogens is 1. The van der Waals surface area contributed by atoms with Crippen molar-refractivity contribution in [1.82, 2.24) is 15.2 Å². The molecule has 1 fully saturated rings. The smallest absolute Gasteiger partial charge is 0.313 e. The molecule has 0 atom stereocenters. The molecule has 2 amide bonds. The monoisotopic (exact) mass is 340 g/mol. The van der Waals surface area contributed by atoms with Crippen LogP contribution in [-0.2, 0) is 9.59 Å². The van der Waals surface area contributed by atoms with E-state index in [1.807, 2.05) is 24.3 Å². The zero-order valence-corrected chi connectivity index (χ0v) is 14.5. The maximum atomic E-state index is 12.0. The van der Waals surface area contributed by atoms with Gasteiger partial charge in [0.2, 0.25) is 0 Å². The van der Waals surface area contributed by atoms with Crippen molar-refractivity contribution < 1.29 is 9.59 Å². The van der Waals surface area contributed by atoms with Crippen molar-refractivity contribution >= 4 is 28.4 Å². The summed E-state index contributed by atoms with van der Waals surface area (Å²) >= 11 is 0. The summed E-state index contributed by atoms with van der Waals surface area (Å²) in [5, 5.41) is 6.20. The second-order valence-electron chi connectivity index (χ2n) is 6.55. The minimum absolute atomic E-state index is 0.467. The van der Waals surface area contributed by atoms with Crippen LogP contribution in [0.4, 0.5) is 5.69 Å². The lowest BCUT2D eigenvalue weighted by molar-refractivity contribution is -0.136. The van der Waals surface area contributed by atoms with Crippen LogP contribution in [0.1, 0.15) is 25.7 Å². The predicted octanol–water partition coefficient (Wildman–Crippen LogP) is 2.16. The summed E-state index contributed by atoms with van der Waals surface area (Å²) in [6.07, 6.45) is 6.56. The van der Waals surface area contributed by atoms with Crippen LogP contribution in [0.2, 0.25) is 0 Å². The van der Waals surface area contributed by atoms with Gasteiger partial charge >= 0.3 is 11.8 Å². The molecule has 2 N–H and O–H groups in total. The molecule has 1 aliphatic rings. The molecule has 2 aromatic rings. The summed E-state index contributed by atoms with van der Waals surface area (Å²) in [5.74, 6) is -1.28. The number of pyridine rings is 1. The van der Waals surface area contributed by atoms with Gasteiger partial charge in [-0.15, -0.1) is 0 Å². The third-order valence-corrected chi connectivity index (χ3v) is 4.75. The third kappa shape index (κ3) is 4.54. The van der Waals surface area contributed by atoms with Crippen molar-refractivity contribution in [3.8, 4) is 0 Å². The van der Waals surface area contributed by atoms with Gasteiger partial charge < -0.3 is 15.5 Å². The molecule has 6 heteroatoms. The summed E-state index contributed by atoms with van der Waals surface area (Å²) in [7, 11) is 2.07. The van der Waals surface area contributed by atoms with Gasteiger partial charge in [-0.1, -0.05) is 31.0 Å². The molecule has 0 spiro atoms. The number of carbonyl (C=O) groups excluding carboxylic acids is 2. The first-order valence-electron chi connectivity index (χ1n) is 8.78. The molecule has 1 heterocycles. The van der Waals surface area contributed by atoms with E-state index in [2.05, 4.69) is 27.6 Å². The predicted molar refractivity (Wildman–Crippen MR) is 98.3 cm³/mol. The molecule has 6 nitrogen and oxygen atoms in total. The minimum Gasteiger partial charge on any atom is -0.347 e. The average Bonchev–Trinajstić information content (AvgIpc) is 3.16. The number of fused-ring (bicyclic) bond motifs is 1. The van der Waals surface area contributed by atoms with Crippen LogP contribution in [0.3, 0.4) is 0 Å². The summed E-state index contributed by atoms with van der Waals surface area (Å²) < 4.78 is 0. The van der Waals surface area contributed by atoms with Gasteiger partial charge in [-0.2, -0.15) is 0 Å². The van der Waals surface area contributed by atoms with E-state index < -0.39 is 11.8 Å². The van der Waals surface area contributed by atoms with Gasteiger partial charge in [-0.05, 0) is 32.0 Å². The highest BCUT2D eigenvalue weighted by molar-refractivity contribution is 6.39. The van der Waals surface area contributed by atoms with Crippen molar-refractivity contribution in [1.29, 1.82) is 0 Å². The highest BCUT2D eigenvalue weighted by Crippen LogP contribution is 2.21. The van der Waals surface area contributed by atoms with Crippen molar-refractivity contribution in [3.63, 3.8) is 0 Å². The molecule has 1 aliphatic carbocycles. The number of hydrogen-bond donors (Lipinski definition) is 2.